The normalized spacial score (nSPS) is 12.5. The summed E-state index contributed by atoms with van der Waals surface area (Å²) in [6.45, 7) is 3.54. The number of hydrogen-bond donors (Lipinski definition) is 1. The lowest BCUT2D eigenvalue weighted by atomic mass is 9.99. The Balaban J connectivity index is 3.02. The lowest BCUT2D eigenvalue weighted by Gasteiger charge is -2.08. The molecule has 0 aliphatic rings. The topological polar surface area (TPSA) is 50.2 Å². The summed E-state index contributed by atoms with van der Waals surface area (Å²) in [5.74, 6) is -1.29. The molecular weight excluding hydrogens is 154 g/mol. The Morgan fingerprint density at radius 3 is 2.83 bits per heavy atom. The van der Waals surface area contributed by atoms with Gasteiger partial charge in [0.15, 0.2) is 0 Å². The second kappa shape index (κ2) is 3.34. The van der Waals surface area contributed by atoms with Crippen LogP contribution in [-0.4, -0.2) is 16.1 Å². The van der Waals surface area contributed by atoms with Crippen LogP contribution in [0.15, 0.2) is 18.5 Å². The van der Waals surface area contributed by atoms with Crippen molar-refractivity contribution in [2.45, 2.75) is 19.8 Å². The van der Waals surface area contributed by atoms with Gasteiger partial charge in [0.05, 0.1) is 5.92 Å². The summed E-state index contributed by atoms with van der Waals surface area (Å²) >= 11 is 0. The maximum atomic E-state index is 10.6. The molecule has 1 rings (SSSR count). The number of pyridine rings is 1. The van der Waals surface area contributed by atoms with E-state index in [9.17, 15) is 4.79 Å². The zero-order valence-corrected chi connectivity index (χ0v) is 7.11. The second-order valence-corrected chi connectivity index (χ2v) is 2.79. The standard InChI is InChI=1S/C9H11NO2/c1-6-3-4-10-5-8(6)7(2)9(11)12/h3-5,7H,1-2H3,(H,11,12). The van der Waals surface area contributed by atoms with Crippen LogP contribution < -0.4 is 0 Å². The van der Waals surface area contributed by atoms with Crippen molar-refractivity contribution in [3.63, 3.8) is 0 Å². The minimum absolute atomic E-state index is 0.473. The molecule has 0 bridgehead atoms. The smallest absolute Gasteiger partial charge is 0.310 e. The molecule has 1 aromatic rings. The Labute approximate surface area is 71.1 Å². The molecule has 0 radical (unpaired) electrons. The van der Waals surface area contributed by atoms with Crippen molar-refractivity contribution in [1.29, 1.82) is 0 Å². The van der Waals surface area contributed by atoms with Gasteiger partial charge >= 0.3 is 5.97 Å². The van der Waals surface area contributed by atoms with Crippen LogP contribution in [0.4, 0.5) is 0 Å². The molecule has 1 N–H and O–H groups in total. The van der Waals surface area contributed by atoms with Crippen molar-refractivity contribution in [1.82, 2.24) is 4.98 Å². The van der Waals surface area contributed by atoms with Gasteiger partial charge in [0, 0.05) is 12.4 Å². The third-order valence-electron chi connectivity index (χ3n) is 1.92. The lowest BCUT2D eigenvalue weighted by molar-refractivity contribution is -0.138. The van der Waals surface area contributed by atoms with Crippen molar-refractivity contribution in [2.75, 3.05) is 0 Å². The Morgan fingerprint density at radius 2 is 2.33 bits per heavy atom. The summed E-state index contributed by atoms with van der Waals surface area (Å²) in [6, 6.07) is 1.81. The summed E-state index contributed by atoms with van der Waals surface area (Å²) < 4.78 is 0. The van der Waals surface area contributed by atoms with Crippen LogP contribution in [0.25, 0.3) is 0 Å². The Bertz CT molecular complexity index is 296. The molecule has 0 aliphatic heterocycles. The first-order valence-corrected chi connectivity index (χ1v) is 3.76. The molecule has 0 amide bonds. The van der Waals surface area contributed by atoms with Gasteiger partial charge in [-0.1, -0.05) is 0 Å². The van der Waals surface area contributed by atoms with Gasteiger partial charge in [-0.3, -0.25) is 9.78 Å². The van der Waals surface area contributed by atoms with Gasteiger partial charge in [-0.05, 0) is 31.0 Å². The summed E-state index contributed by atoms with van der Waals surface area (Å²) in [7, 11) is 0. The van der Waals surface area contributed by atoms with Crippen LogP contribution >= 0.6 is 0 Å². The Hall–Kier alpha value is -1.38. The van der Waals surface area contributed by atoms with E-state index < -0.39 is 11.9 Å². The quantitative estimate of drug-likeness (QED) is 0.723. The van der Waals surface area contributed by atoms with Crippen molar-refractivity contribution in [2.24, 2.45) is 0 Å². The predicted molar refractivity (Wildman–Crippen MR) is 45.0 cm³/mol. The third kappa shape index (κ3) is 1.61. The number of aromatic nitrogens is 1. The van der Waals surface area contributed by atoms with Gasteiger partial charge < -0.3 is 5.11 Å². The molecule has 0 saturated heterocycles. The summed E-state index contributed by atoms with van der Waals surface area (Å²) in [4.78, 5) is 14.5. The second-order valence-electron chi connectivity index (χ2n) is 2.79. The van der Waals surface area contributed by atoms with Gasteiger partial charge in [0.2, 0.25) is 0 Å². The van der Waals surface area contributed by atoms with Gasteiger partial charge in [-0.15, -0.1) is 0 Å². The van der Waals surface area contributed by atoms with Gasteiger partial charge in [-0.2, -0.15) is 0 Å². The number of rotatable bonds is 2. The highest BCUT2D eigenvalue weighted by Gasteiger charge is 2.15. The molecule has 0 saturated carbocycles. The molecule has 3 heteroatoms. The predicted octanol–water partition coefficient (Wildman–Crippen LogP) is 1.58. The van der Waals surface area contributed by atoms with E-state index in [1.165, 1.54) is 0 Å². The number of carboxylic acid groups (broad SMARTS) is 1. The number of nitrogens with zero attached hydrogens (tertiary/aromatic N) is 1. The minimum atomic E-state index is -0.814. The molecule has 0 aliphatic carbocycles. The average molecular weight is 165 g/mol. The third-order valence-corrected chi connectivity index (χ3v) is 1.92. The van der Waals surface area contributed by atoms with Crippen LogP contribution in [0.5, 0.6) is 0 Å². The monoisotopic (exact) mass is 165 g/mol. The molecule has 1 heterocycles. The van der Waals surface area contributed by atoms with Crippen LogP contribution in [-0.2, 0) is 4.79 Å². The summed E-state index contributed by atoms with van der Waals surface area (Å²) in [5.41, 5.74) is 1.75. The molecule has 1 aromatic heterocycles. The van der Waals surface area contributed by atoms with E-state index in [-0.39, 0.29) is 0 Å². The van der Waals surface area contributed by atoms with Crippen LogP contribution in [0.3, 0.4) is 0 Å². The first kappa shape index (κ1) is 8.71. The van der Waals surface area contributed by atoms with Gasteiger partial charge in [-0.25, -0.2) is 0 Å². The SMILES string of the molecule is Cc1ccncc1C(C)C(=O)O. The fraction of sp³-hybridized carbons (Fsp3) is 0.333. The van der Waals surface area contributed by atoms with E-state index in [1.807, 2.05) is 13.0 Å². The van der Waals surface area contributed by atoms with E-state index >= 15 is 0 Å². The van der Waals surface area contributed by atoms with E-state index in [0.29, 0.717) is 0 Å². The molecule has 64 valence electrons. The van der Waals surface area contributed by atoms with E-state index in [4.69, 9.17) is 5.11 Å². The maximum Gasteiger partial charge on any atom is 0.310 e. The molecule has 1 atom stereocenters. The zero-order chi connectivity index (χ0) is 9.14. The molecule has 0 aromatic carbocycles. The number of carboxylic acids is 1. The first-order chi connectivity index (χ1) is 5.63. The highest BCUT2D eigenvalue weighted by atomic mass is 16.4. The summed E-state index contributed by atoms with van der Waals surface area (Å²) in [6.07, 6.45) is 3.27. The fourth-order valence-electron chi connectivity index (χ4n) is 1.06. The van der Waals surface area contributed by atoms with E-state index in [2.05, 4.69) is 4.98 Å². The average Bonchev–Trinajstić information content (AvgIpc) is 2.04. The molecule has 0 fully saturated rings. The molecule has 12 heavy (non-hydrogen) atoms. The van der Waals surface area contributed by atoms with Crippen LogP contribution in [0.2, 0.25) is 0 Å². The molecular formula is C9H11NO2. The van der Waals surface area contributed by atoms with Crippen molar-refractivity contribution < 1.29 is 9.90 Å². The molecule has 0 spiro atoms. The first-order valence-electron chi connectivity index (χ1n) is 3.76. The number of aliphatic carboxylic acids is 1. The zero-order valence-electron chi connectivity index (χ0n) is 7.11. The fourth-order valence-corrected chi connectivity index (χ4v) is 1.06. The van der Waals surface area contributed by atoms with E-state index in [0.717, 1.165) is 11.1 Å². The summed E-state index contributed by atoms with van der Waals surface area (Å²) in [5, 5.41) is 8.73. The molecule has 1 unspecified atom stereocenters. The van der Waals surface area contributed by atoms with E-state index in [1.54, 1.807) is 19.3 Å². The van der Waals surface area contributed by atoms with Crippen LogP contribution in [0, 0.1) is 6.92 Å². The van der Waals surface area contributed by atoms with Crippen molar-refractivity contribution in [3.8, 4) is 0 Å². The minimum Gasteiger partial charge on any atom is -0.481 e. The number of hydrogen-bond acceptors (Lipinski definition) is 2. The largest absolute Gasteiger partial charge is 0.481 e. The van der Waals surface area contributed by atoms with Crippen molar-refractivity contribution in [3.05, 3.63) is 29.6 Å². The molecule has 3 nitrogen and oxygen atoms in total. The maximum absolute atomic E-state index is 10.6. The highest BCUT2D eigenvalue weighted by Crippen LogP contribution is 2.17. The number of aryl methyl sites for hydroxylation is 1. The lowest BCUT2D eigenvalue weighted by Crippen LogP contribution is -2.09. The number of carbonyl (C=O) groups is 1. The highest BCUT2D eigenvalue weighted by molar-refractivity contribution is 5.75. The Kier molecular flexibility index (Phi) is 2.43. The Morgan fingerprint density at radius 1 is 1.67 bits per heavy atom. The van der Waals surface area contributed by atoms with Gasteiger partial charge in [0.1, 0.15) is 0 Å². The van der Waals surface area contributed by atoms with Crippen molar-refractivity contribution >= 4 is 5.97 Å². The van der Waals surface area contributed by atoms with Crippen LogP contribution in [0.1, 0.15) is 24.0 Å². The van der Waals surface area contributed by atoms with Gasteiger partial charge in [0.25, 0.3) is 0 Å².